The van der Waals surface area contributed by atoms with E-state index in [9.17, 15) is 9.59 Å². The Morgan fingerprint density at radius 1 is 1.04 bits per heavy atom. The highest BCUT2D eigenvalue weighted by Crippen LogP contribution is 2.15. The first-order valence-electron chi connectivity index (χ1n) is 7.22. The third-order valence-corrected chi connectivity index (χ3v) is 3.39. The SMILES string of the molecule is CCNC(=O)C(=Cc1ccccc1)NC(=O)c1ccccc1Cl. The van der Waals surface area contributed by atoms with Crippen LogP contribution < -0.4 is 10.6 Å². The van der Waals surface area contributed by atoms with Crippen molar-refractivity contribution in [3.63, 3.8) is 0 Å². The summed E-state index contributed by atoms with van der Waals surface area (Å²) in [4.78, 5) is 24.5. The van der Waals surface area contributed by atoms with Crippen LogP contribution in [0.3, 0.4) is 0 Å². The third kappa shape index (κ3) is 4.69. The van der Waals surface area contributed by atoms with Crippen LogP contribution in [0, 0.1) is 0 Å². The van der Waals surface area contributed by atoms with E-state index in [1.807, 2.05) is 37.3 Å². The number of halogens is 1. The number of amides is 2. The fourth-order valence-electron chi connectivity index (χ4n) is 1.97. The molecule has 0 saturated heterocycles. The molecule has 2 amide bonds. The number of benzene rings is 2. The van der Waals surface area contributed by atoms with Crippen molar-refractivity contribution >= 4 is 29.5 Å². The molecule has 5 heteroatoms. The number of rotatable bonds is 5. The highest BCUT2D eigenvalue weighted by molar-refractivity contribution is 6.34. The molecule has 2 N–H and O–H groups in total. The van der Waals surface area contributed by atoms with Crippen molar-refractivity contribution in [3.8, 4) is 0 Å². The lowest BCUT2D eigenvalue weighted by Crippen LogP contribution is -2.34. The van der Waals surface area contributed by atoms with E-state index in [1.54, 1.807) is 30.3 Å². The minimum absolute atomic E-state index is 0.169. The van der Waals surface area contributed by atoms with Crippen LogP contribution in [0.4, 0.5) is 0 Å². The van der Waals surface area contributed by atoms with Crippen molar-refractivity contribution in [2.75, 3.05) is 6.54 Å². The first kappa shape index (κ1) is 16.8. The zero-order chi connectivity index (χ0) is 16.7. The van der Waals surface area contributed by atoms with E-state index in [1.165, 1.54) is 0 Å². The van der Waals surface area contributed by atoms with Crippen LogP contribution in [0.15, 0.2) is 60.3 Å². The predicted molar refractivity (Wildman–Crippen MR) is 92.0 cm³/mol. The van der Waals surface area contributed by atoms with Crippen molar-refractivity contribution in [1.82, 2.24) is 10.6 Å². The van der Waals surface area contributed by atoms with Crippen LogP contribution in [0.2, 0.25) is 5.02 Å². The maximum atomic E-state index is 12.4. The summed E-state index contributed by atoms with van der Waals surface area (Å²) in [7, 11) is 0. The lowest BCUT2D eigenvalue weighted by atomic mass is 10.1. The Labute approximate surface area is 140 Å². The van der Waals surface area contributed by atoms with Gasteiger partial charge >= 0.3 is 0 Å². The van der Waals surface area contributed by atoms with Gasteiger partial charge < -0.3 is 10.6 Å². The van der Waals surface area contributed by atoms with Gasteiger partial charge in [0.15, 0.2) is 0 Å². The van der Waals surface area contributed by atoms with E-state index in [2.05, 4.69) is 10.6 Å². The van der Waals surface area contributed by atoms with Gasteiger partial charge in [0, 0.05) is 6.54 Å². The molecule has 0 aliphatic carbocycles. The molecule has 2 rings (SSSR count). The van der Waals surface area contributed by atoms with E-state index in [0.29, 0.717) is 17.1 Å². The predicted octanol–water partition coefficient (Wildman–Crippen LogP) is 3.25. The normalized spacial score (nSPS) is 11.0. The monoisotopic (exact) mass is 328 g/mol. The molecule has 4 nitrogen and oxygen atoms in total. The van der Waals surface area contributed by atoms with Gasteiger partial charge in [0.05, 0.1) is 10.6 Å². The molecule has 2 aromatic rings. The van der Waals surface area contributed by atoms with Crippen molar-refractivity contribution < 1.29 is 9.59 Å². The smallest absolute Gasteiger partial charge is 0.267 e. The quantitative estimate of drug-likeness (QED) is 0.828. The van der Waals surface area contributed by atoms with Crippen LogP contribution in [-0.4, -0.2) is 18.4 Å². The molecule has 0 bridgehead atoms. The molecule has 0 radical (unpaired) electrons. The minimum atomic E-state index is -0.427. The molecule has 0 aliphatic rings. The standard InChI is InChI=1S/C18H17ClN2O2/c1-2-20-18(23)16(12-13-8-4-3-5-9-13)21-17(22)14-10-6-7-11-15(14)19/h3-12H,2H2,1H3,(H,20,23)(H,21,22). The molecule has 2 aromatic carbocycles. The average Bonchev–Trinajstić information content (AvgIpc) is 2.55. The van der Waals surface area contributed by atoms with Gasteiger partial charge in [0.2, 0.25) is 0 Å². The van der Waals surface area contributed by atoms with Crippen LogP contribution >= 0.6 is 11.6 Å². The topological polar surface area (TPSA) is 58.2 Å². The van der Waals surface area contributed by atoms with Crippen molar-refractivity contribution in [2.45, 2.75) is 6.92 Å². The maximum Gasteiger partial charge on any atom is 0.267 e. The first-order valence-corrected chi connectivity index (χ1v) is 7.60. The van der Waals surface area contributed by atoms with Gasteiger partial charge in [-0.25, -0.2) is 0 Å². The molecule has 0 unspecified atom stereocenters. The average molecular weight is 329 g/mol. The fourth-order valence-corrected chi connectivity index (χ4v) is 2.19. The van der Waals surface area contributed by atoms with Crippen LogP contribution in [0.25, 0.3) is 6.08 Å². The summed E-state index contributed by atoms with van der Waals surface area (Å²) in [5.41, 5.74) is 1.30. The molecule has 0 atom stereocenters. The Kier molecular flexibility index (Phi) is 5.94. The lowest BCUT2D eigenvalue weighted by molar-refractivity contribution is -0.117. The number of hydrogen-bond acceptors (Lipinski definition) is 2. The zero-order valence-electron chi connectivity index (χ0n) is 12.7. The Balaban J connectivity index is 2.28. The van der Waals surface area contributed by atoms with E-state index in [-0.39, 0.29) is 11.6 Å². The molecule has 0 aromatic heterocycles. The summed E-state index contributed by atoms with van der Waals surface area (Å²) in [6.45, 7) is 2.28. The molecule has 118 valence electrons. The molecule has 0 heterocycles. The molecule has 23 heavy (non-hydrogen) atoms. The highest BCUT2D eigenvalue weighted by Gasteiger charge is 2.15. The number of hydrogen-bond donors (Lipinski definition) is 2. The molecule has 0 fully saturated rings. The second-order valence-electron chi connectivity index (χ2n) is 4.76. The Morgan fingerprint density at radius 3 is 2.35 bits per heavy atom. The van der Waals surface area contributed by atoms with Crippen molar-refractivity contribution in [2.24, 2.45) is 0 Å². The highest BCUT2D eigenvalue weighted by atomic mass is 35.5. The Hall–Kier alpha value is -2.59. The number of likely N-dealkylation sites (N-methyl/N-ethyl adjacent to an activating group) is 1. The van der Waals surface area contributed by atoms with Crippen LogP contribution in [0.1, 0.15) is 22.8 Å². The van der Waals surface area contributed by atoms with E-state index in [4.69, 9.17) is 11.6 Å². The van der Waals surface area contributed by atoms with Gasteiger partial charge in [-0.05, 0) is 30.7 Å². The van der Waals surface area contributed by atoms with Gasteiger partial charge in [-0.3, -0.25) is 9.59 Å². The summed E-state index contributed by atoms with van der Waals surface area (Å²) in [6.07, 6.45) is 1.62. The molecular formula is C18H17ClN2O2. The summed E-state index contributed by atoms with van der Waals surface area (Å²) in [6, 6.07) is 16.0. The summed E-state index contributed by atoms with van der Waals surface area (Å²) < 4.78 is 0. The third-order valence-electron chi connectivity index (χ3n) is 3.06. The van der Waals surface area contributed by atoms with Gasteiger partial charge in [0.25, 0.3) is 11.8 Å². The van der Waals surface area contributed by atoms with Gasteiger partial charge in [0.1, 0.15) is 5.70 Å². The van der Waals surface area contributed by atoms with Gasteiger partial charge in [-0.1, -0.05) is 54.1 Å². The minimum Gasteiger partial charge on any atom is -0.351 e. The van der Waals surface area contributed by atoms with E-state index >= 15 is 0 Å². The molecule has 0 aliphatic heterocycles. The largest absolute Gasteiger partial charge is 0.351 e. The number of carbonyl (C=O) groups is 2. The molecular weight excluding hydrogens is 312 g/mol. The number of carbonyl (C=O) groups excluding carboxylic acids is 2. The summed E-state index contributed by atoms with van der Waals surface area (Å²) in [5, 5.41) is 5.65. The molecule has 0 spiro atoms. The summed E-state index contributed by atoms with van der Waals surface area (Å²) >= 11 is 6.02. The maximum absolute atomic E-state index is 12.4. The Morgan fingerprint density at radius 2 is 1.70 bits per heavy atom. The first-order chi connectivity index (χ1) is 11.1. The summed E-state index contributed by atoms with van der Waals surface area (Å²) in [5.74, 6) is -0.777. The van der Waals surface area contributed by atoms with E-state index in [0.717, 1.165) is 5.56 Å². The van der Waals surface area contributed by atoms with Crippen LogP contribution in [-0.2, 0) is 4.79 Å². The lowest BCUT2D eigenvalue weighted by Gasteiger charge is -2.11. The zero-order valence-corrected chi connectivity index (χ0v) is 13.4. The molecule has 0 saturated carbocycles. The Bertz CT molecular complexity index is 727. The fraction of sp³-hybridized carbons (Fsp3) is 0.111. The van der Waals surface area contributed by atoms with Crippen LogP contribution in [0.5, 0.6) is 0 Å². The van der Waals surface area contributed by atoms with Crippen molar-refractivity contribution in [1.29, 1.82) is 0 Å². The second-order valence-corrected chi connectivity index (χ2v) is 5.17. The van der Waals surface area contributed by atoms with Gasteiger partial charge in [-0.2, -0.15) is 0 Å². The van der Waals surface area contributed by atoms with Gasteiger partial charge in [-0.15, -0.1) is 0 Å². The van der Waals surface area contributed by atoms with Crippen molar-refractivity contribution in [3.05, 3.63) is 76.4 Å². The second kappa shape index (κ2) is 8.15. The number of nitrogens with one attached hydrogen (secondary N) is 2. The van der Waals surface area contributed by atoms with E-state index < -0.39 is 5.91 Å².